The van der Waals surface area contributed by atoms with Crippen LogP contribution in [0, 0.1) is 0 Å². The van der Waals surface area contributed by atoms with Crippen LogP contribution >= 0.6 is 0 Å². The third-order valence-corrected chi connectivity index (χ3v) is 5.70. The first-order valence-electron chi connectivity index (χ1n) is 9.10. The van der Waals surface area contributed by atoms with Gasteiger partial charge in [-0.2, -0.15) is 4.98 Å². The lowest BCUT2D eigenvalue weighted by atomic mass is 9.79. The number of likely N-dealkylation sites (N-methyl/N-ethyl adjacent to an activating group) is 1. The fourth-order valence-corrected chi connectivity index (χ4v) is 3.74. The maximum Gasteiger partial charge on any atom is 0.254 e. The Bertz CT molecular complexity index is 609. The van der Waals surface area contributed by atoms with Crippen molar-refractivity contribution in [3.05, 3.63) is 11.7 Å². The molecule has 1 atom stereocenters. The first-order valence-corrected chi connectivity index (χ1v) is 9.10. The molecule has 2 aliphatic carbocycles. The summed E-state index contributed by atoms with van der Waals surface area (Å²) in [6, 6.07) is 0.144. The van der Waals surface area contributed by atoms with E-state index in [-0.39, 0.29) is 11.9 Å². The van der Waals surface area contributed by atoms with Crippen LogP contribution in [0.1, 0.15) is 62.6 Å². The molecule has 1 aliphatic heterocycles. The Labute approximate surface area is 142 Å². The number of carbonyl (C=O) groups excluding carboxylic acids is 1. The van der Waals surface area contributed by atoms with E-state index >= 15 is 0 Å². The van der Waals surface area contributed by atoms with Gasteiger partial charge in [0, 0.05) is 25.6 Å². The Morgan fingerprint density at radius 1 is 1.38 bits per heavy atom. The van der Waals surface area contributed by atoms with Crippen LogP contribution in [0.2, 0.25) is 0 Å². The summed E-state index contributed by atoms with van der Waals surface area (Å²) in [4.78, 5) is 21.1. The Hall–Kier alpha value is -1.47. The fraction of sp³-hybridized carbons (Fsp3) is 0.824. The number of aliphatic hydroxyl groups is 1. The van der Waals surface area contributed by atoms with Gasteiger partial charge in [-0.15, -0.1) is 0 Å². The molecule has 3 aliphatic rings. The average Bonchev–Trinajstić information content (AvgIpc) is 3.31. The van der Waals surface area contributed by atoms with Gasteiger partial charge in [0.25, 0.3) is 5.91 Å². The second kappa shape index (κ2) is 6.11. The number of piperidine rings is 1. The van der Waals surface area contributed by atoms with Crippen LogP contribution < -0.4 is 0 Å². The van der Waals surface area contributed by atoms with E-state index in [4.69, 9.17) is 4.52 Å². The highest BCUT2D eigenvalue weighted by Crippen LogP contribution is 2.39. The van der Waals surface area contributed by atoms with Crippen molar-refractivity contribution >= 4 is 5.91 Å². The third-order valence-electron chi connectivity index (χ3n) is 5.70. The molecule has 0 aromatic carbocycles. The number of hydrogen-bond acceptors (Lipinski definition) is 6. The smallest absolute Gasteiger partial charge is 0.254 e. The van der Waals surface area contributed by atoms with Gasteiger partial charge in [-0.3, -0.25) is 9.69 Å². The summed E-state index contributed by atoms with van der Waals surface area (Å²) >= 11 is 0. The summed E-state index contributed by atoms with van der Waals surface area (Å²) in [6.07, 6.45) is 6.46. The Kier molecular flexibility index (Phi) is 4.08. The number of hydrogen-bond donors (Lipinski definition) is 1. The minimum absolute atomic E-state index is 0.115. The van der Waals surface area contributed by atoms with Crippen LogP contribution in [0.4, 0.5) is 0 Å². The standard InChI is InChI=1S/C17H26N4O3/c1-20(16(22)17(23)7-3-8-17)13-4-2-9-21(10-13)11-14-18-15(24-19-14)12-5-6-12/h12-13,23H,2-11H2,1H3. The highest BCUT2D eigenvalue weighted by molar-refractivity contribution is 5.86. The normalized spacial score (nSPS) is 26.8. The van der Waals surface area contributed by atoms with Gasteiger partial charge in [0.15, 0.2) is 5.82 Å². The fourth-order valence-electron chi connectivity index (χ4n) is 3.74. The number of carbonyl (C=O) groups is 1. The van der Waals surface area contributed by atoms with Gasteiger partial charge >= 0.3 is 0 Å². The maximum atomic E-state index is 12.5. The van der Waals surface area contributed by atoms with Gasteiger partial charge in [0.1, 0.15) is 5.60 Å². The van der Waals surface area contributed by atoms with Crippen LogP contribution in [0.25, 0.3) is 0 Å². The molecule has 0 spiro atoms. The molecule has 1 saturated heterocycles. The molecule has 7 nitrogen and oxygen atoms in total. The van der Waals surface area contributed by atoms with Crippen LogP contribution in [0.15, 0.2) is 4.52 Å². The summed E-state index contributed by atoms with van der Waals surface area (Å²) in [5, 5.41) is 14.4. The molecule has 2 heterocycles. The van der Waals surface area contributed by atoms with Crippen LogP contribution in [-0.2, 0) is 11.3 Å². The molecule has 1 aromatic heterocycles. The Morgan fingerprint density at radius 2 is 2.17 bits per heavy atom. The van der Waals surface area contributed by atoms with Gasteiger partial charge in [-0.1, -0.05) is 5.16 Å². The Balaban J connectivity index is 1.35. The molecule has 24 heavy (non-hydrogen) atoms. The number of nitrogens with zero attached hydrogens (tertiary/aromatic N) is 4. The molecule has 1 amide bonds. The summed E-state index contributed by atoms with van der Waals surface area (Å²) in [7, 11) is 1.83. The monoisotopic (exact) mass is 334 g/mol. The molecule has 1 N–H and O–H groups in total. The van der Waals surface area contributed by atoms with Gasteiger partial charge in [0.05, 0.1) is 6.54 Å². The molecule has 1 unspecified atom stereocenters. The summed E-state index contributed by atoms with van der Waals surface area (Å²) in [5.74, 6) is 1.88. The minimum Gasteiger partial charge on any atom is -0.380 e. The van der Waals surface area contributed by atoms with Crippen molar-refractivity contribution in [2.45, 2.75) is 69.1 Å². The topological polar surface area (TPSA) is 82.7 Å². The maximum absolute atomic E-state index is 12.5. The number of aromatic nitrogens is 2. The van der Waals surface area contributed by atoms with Crippen molar-refractivity contribution in [3.63, 3.8) is 0 Å². The zero-order chi connectivity index (χ0) is 16.7. The zero-order valence-corrected chi connectivity index (χ0v) is 14.3. The van der Waals surface area contributed by atoms with Crippen LogP contribution in [-0.4, -0.2) is 62.7 Å². The second-order valence-electron chi connectivity index (χ2n) is 7.66. The van der Waals surface area contributed by atoms with Gasteiger partial charge in [-0.25, -0.2) is 0 Å². The van der Waals surface area contributed by atoms with E-state index in [0.29, 0.717) is 25.3 Å². The second-order valence-corrected chi connectivity index (χ2v) is 7.66. The van der Waals surface area contributed by atoms with E-state index in [9.17, 15) is 9.90 Å². The highest BCUT2D eigenvalue weighted by atomic mass is 16.5. The van der Waals surface area contributed by atoms with E-state index in [1.807, 2.05) is 7.05 Å². The largest absolute Gasteiger partial charge is 0.380 e. The SMILES string of the molecule is CN(C(=O)C1(O)CCC1)C1CCCN(Cc2noc(C3CC3)n2)C1. The molecule has 7 heteroatoms. The van der Waals surface area contributed by atoms with Gasteiger partial charge < -0.3 is 14.5 Å². The lowest BCUT2D eigenvalue weighted by molar-refractivity contribution is -0.162. The molecule has 2 saturated carbocycles. The van der Waals surface area contributed by atoms with Crippen molar-refractivity contribution < 1.29 is 14.4 Å². The van der Waals surface area contributed by atoms with Gasteiger partial charge in [0.2, 0.25) is 5.89 Å². The first-order chi connectivity index (χ1) is 11.5. The number of likely N-dealkylation sites (tertiary alicyclic amines) is 1. The van der Waals surface area contributed by atoms with Crippen molar-refractivity contribution in [2.75, 3.05) is 20.1 Å². The predicted molar refractivity (Wildman–Crippen MR) is 86.1 cm³/mol. The van der Waals surface area contributed by atoms with Crippen molar-refractivity contribution in [1.82, 2.24) is 19.9 Å². The average molecular weight is 334 g/mol. The zero-order valence-electron chi connectivity index (χ0n) is 14.3. The highest BCUT2D eigenvalue weighted by Gasteiger charge is 2.45. The lowest BCUT2D eigenvalue weighted by Gasteiger charge is -2.43. The van der Waals surface area contributed by atoms with E-state index in [1.165, 1.54) is 0 Å². The molecular formula is C17H26N4O3. The van der Waals surface area contributed by atoms with Gasteiger partial charge in [-0.05, 0) is 51.5 Å². The Morgan fingerprint density at radius 3 is 2.83 bits per heavy atom. The predicted octanol–water partition coefficient (Wildman–Crippen LogP) is 1.28. The van der Waals surface area contributed by atoms with Crippen molar-refractivity contribution in [2.24, 2.45) is 0 Å². The quantitative estimate of drug-likeness (QED) is 0.873. The molecule has 0 radical (unpaired) electrons. The van der Waals surface area contributed by atoms with Crippen molar-refractivity contribution in [1.29, 1.82) is 0 Å². The minimum atomic E-state index is -1.11. The summed E-state index contributed by atoms with van der Waals surface area (Å²) in [6.45, 7) is 2.45. The van der Waals surface area contributed by atoms with E-state index in [0.717, 1.165) is 56.9 Å². The molecular weight excluding hydrogens is 308 g/mol. The van der Waals surface area contributed by atoms with E-state index in [2.05, 4.69) is 15.0 Å². The van der Waals surface area contributed by atoms with Crippen LogP contribution in [0.5, 0.6) is 0 Å². The number of rotatable bonds is 5. The van der Waals surface area contributed by atoms with Crippen molar-refractivity contribution in [3.8, 4) is 0 Å². The van der Waals surface area contributed by atoms with E-state index in [1.54, 1.807) is 4.90 Å². The summed E-state index contributed by atoms with van der Waals surface area (Å²) in [5.41, 5.74) is -1.11. The molecule has 4 rings (SSSR count). The third kappa shape index (κ3) is 3.07. The first kappa shape index (κ1) is 16.0. The molecule has 1 aromatic rings. The molecule has 3 fully saturated rings. The molecule has 0 bridgehead atoms. The lowest BCUT2D eigenvalue weighted by Crippen LogP contribution is -2.57. The van der Waals surface area contributed by atoms with Crippen LogP contribution in [0.3, 0.4) is 0 Å². The molecule has 132 valence electrons. The summed E-state index contributed by atoms with van der Waals surface area (Å²) < 4.78 is 5.32. The van der Waals surface area contributed by atoms with E-state index < -0.39 is 5.60 Å². The number of amides is 1.